The standard InChI is InChI=1S/C19H23N3O2/c1-15-5-7-17(8-6-15)22-14-16(13-18(22)23)19(24)20-9-4-12-21-10-2-3-11-21/h2-3,5-8,10-11,16H,4,9,12-14H2,1H3,(H,20,24). The summed E-state index contributed by atoms with van der Waals surface area (Å²) in [6, 6.07) is 11.8. The van der Waals surface area contributed by atoms with Crippen LogP contribution in [0.15, 0.2) is 48.8 Å². The first-order valence-corrected chi connectivity index (χ1v) is 8.39. The molecule has 1 saturated heterocycles. The number of amides is 2. The molecular formula is C19H23N3O2. The summed E-state index contributed by atoms with van der Waals surface area (Å²) in [5.41, 5.74) is 2.02. The fourth-order valence-electron chi connectivity index (χ4n) is 2.99. The van der Waals surface area contributed by atoms with Crippen LogP contribution >= 0.6 is 0 Å². The minimum atomic E-state index is -0.259. The van der Waals surface area contributed by atoms with Crippen molar-refractivity contribution >= 4 is 17.5 Å². The smallest absolute Gasteiger partial charge is 0.227 e. The molecule has 3 rings (SSSR count). The van der Waals surface area contributed by atoms with E-state index < -0.39 is 0 Å². The summed E-state index contributed by atoms with van der Waals surface area (Å²) in [5.74, 6) is -0.262. The van der Waals surface area contributed by atoms with Crippen molar-refractivity contribution in [1.82, 2.24) is 9.88 Å². The summed E-state index contributed by atoms with van der Waals surface area (Å²) in [7, 11) is 0. The fraction of sp³-hybridized carbons (Fsp3) is 0.368. The number of hydrogen-bond donors (Lipinski definition) is 1. The molecule has 0 spiro atoms. The van der Waals surface area contributed by atoms with Crippen molar-refractivity contribution in [2.24, 2.45) is 5.92 Å². The molecule has 1 fully saturated rings. The zero-order valence-electron chi connectivity index (χ0n) is 13.9. The molecule has 0 aliphatic carbocycles. The van der Waals surface area contributed by atoms with E-state index in [4.69, 9.17) is 0 Å². The van der Waals surface area contributed by atoms with Crippen molar-refractivity contribution in [2.75, 3.05) is 18.0 Å². The molecule has 1 aliphatic heterocycles. The third kappa shape index (κ3) is 3.85. The molecule has 2 aromatic rings. The Hall–Kier alpha value is -2.56. The Morgan fingerprint density at radius 2 is 1.92 bits per heavy atom. The maximum Gasteiger partial charge on any atom is 0.227 e. The van der Waals surface area contributed by atoms with Gasteiger partial charge in [-0.2, -0.15) is 0 Å². The van der Waals surface area contributed by atoms with Gasteiger partial charge in [0.15, 0.2) is 0 Å². The van der Waals surface area contributed by atoms with Gasteiger partial charge >= 0.3 is 0 Å². The van der Waals surface area contributed by atoms with Crippen molar-refractivity contribution in [3.63, 3.8) is 0 Å². The van der Waals surface area contributed by atoms with Crippen molar-refractivity contribution in [2.45, 2.75) is 26.3 Å². The lowest BCUT2D eigenvalue weighted by molar-refractivity contribution is -0.126. The normalized spacial score (nSPS) is 17.3. The van der Waals surface area contributed by atoms with Gasteiger partial charge in [-0.1, -0.05) is 17.7 Å². The van der Waals surface area contributed by atoms with E-state index in [1.807, 2.05) is 55.7 Å². The van der Waals surface area contributed by atoms with Crippen molar-refractivity contribution in [1.29, 1.82) is 0 Å². The third-order valence-electron chi connectivity index (χ3n) is 4.40. The molecule has 1 atom stereocenters. The van der Waals surface area contributed by atoms with Gasteiger partial charge in [0.05, 0.1) is 5.92 Å². The van der Waals surface area contributed by atoms with Crippen LogP contribution < -0.4 is 10.2 Å². The van der Waals surface area contributed by atoms with E-state index in [1.54, 1.807) is 4.90 Å². The average molecular weight is 325 g/mol. The summed E-state index contributed by atoms with van der Waals surface area (Å²) in [5, 5.41) is 2.96. The van der Waals surface area contributed by atoms with E-state index in [-0.39, 0.29) is 24.2 Å². The van der Waals surface area contributed by atoms with Crippen LogP contribution in [0.1, 0.15) is 18.4 Å². The van der Waals surface area contributed by atoms with Gasteiger partial charge in [-0.15, -0.1) is 0 Å². The lowest BCUT2D eigenvalue weighted by Crippen LogP contribution is -2.33. The molecule has 1 aromatic carbocycles. The Morgan fingerprint density at radius 3 is 2.62 bits per heavy atom. The number of benzene rings is 1. The maximum absolute atomic E-state index is 12.3. The number of aromatic nitrogens is 1. The minimum Gasteiger partial charge on any atom is -0.356 e. The van der Waals surface area contributed by atoms with Crippen molar-refractivity contribution in [3.05, 3.63) is 54.4 Å². The van der Waals surface area contributed by atoms with Gasteiger partial charge in [0.25, 0.3) is 0 Å². The van der Waals surface area contributed by atoms with Crippen molar-refractivity contribution < 1.29 is 9.59 Å². The highest BCUT2D eigenvalue weighted by Gasteiger charge is 2.34. The number of carbonyl (C=O) groups is 2. The fourth-order valence-corrected chi connectivity index (χ4v) is 2.99. The van der Waals surface area contributed by atoms with E-state index >= 15 is 0 Å². The molecule has 24 heavy (non-hydrogen) atoms. The van der Waals surface area contributed by atoms with Gasteiger partial charge in [-0.05, 0) is 37.6 Å². The topological polar surface area (TPSA) is 54.3 Å². The second-order valence-corrected chi connectivity index (χ2v) is 6.31. The molecule has 0 saturated carbocycles. The monoisotopic (exact) mass is 325 g/mol. The van der Waals surface area contributed by atoms with Crippen molar-refractivity contribution in [3.8, 4) is 0 Å². The SMILES string of the molecule is Cc1ccc(N2CC(C(=O)NCCCn3cccc3)CC2=O)cc1. The number of hydrogen-bond acceptors (Lipinski definition) is 2. The Bertz CT molecular complexity index is 692. The van der Waals surface area contributed by atoms with Crippen LogP contribution in [0, 0.1) is 12.8 Å². The average Bonchev–Trinajstić information content (AvgIpc) is 3.22. The van der Waals surface area contributed by atoms with E-state index in [1.165, 1.54) is 0 Å². The first-order chi connectivity index (χ1) is 11.6. The van der Waals surface area contributed by atoms with Gasteiger partial charge in [0.1, 0.15) is 0 Å². The van der Waals surface area contributed by atoms with Crippen LogP contribution in [-0.4, -0.2) is 29.5 Å². The molecule has 0 bridgehead atoms. The van der Waals surface area contributed by atoms with Crippen LogP contribution in [0.5, 0.6) is 0 Å². The van der Waals surface area contributed by atoms with Crippen LogP contribution in [0.4, 0.5) is 5.69 Å². The number of rotatable bonds is 6. The molecular weight excluding hydrogens is 302 g/mol. The van der Waals surface area contributed by atoms with Gasteiger partial charge in [0.2, 0.25) is 11.8 Å². The summed E-state index contributed by atoms with van der Waals surface area (Å²) >= 11 is 0. The Balaban J connectivity index is 1.47. The van der Waals surface area contributed by atoms with Gasteiger partial charge in [-0.25, -0.2) is 0 Å². The number of aryl methyl sites for hydroxylation is 2. The van der Waals surface area contributed by atoms with Crippen LogP contribution in [0.25, 0.3) is 0 Å². The van der Waals surface area contributed by atoms with E-state index in [0.29, 0.717) is 13.1 Å². The lowest BCUT2D eigenvalue weighted by atomic mass is 10.1. The molecule has 1 unspecified atom stereocenters. The Morgan fingerprint density at radius 1 is 1.21 bits per heavy atom. The van der Waals surface area contributed by atoms with Crippen LogP contribution in [-0.2, 0) is 16.1 Å². The van der Waals surface area contributed by atoms with E-state index in [2.05, 4.69) is 9.88 Å². The molecule has 5 nitrogen and oxygen atoms in total. The molecule has 5 heteroatoms. The highest BCUT2D eigenvalue weighted by Crippen LogP contribution is 2.25. The summed E-state index contributed by atoms with van der Waals surface area (Å²) in [4.78, 5) is 26.2. The van der Waals surface area contributed by atoms with Gasteiger partial charge in [0, 0.05) is 44.1 Å². The second kappa shape index (κ2) is 7.34. The van der Waals surface area contributed by atoms with Gasteiger partial charge < -0.3 is 14.8 Å². The number of nitrogens with zero attached hydrogens (tertiary/aromatic N) is 2. The first-order valence-electron chi connectivity index (χ1n) is 8.39. The minimum absolute atomic E-state index is 0.0198. The summed E-state index contributed by atoms with van der Waals surface area (Å²) < 4.78 is 2.09. The van der Waals surface area contributed by atoms with E-state index in [0.717, 1.165) is 24.2 Å². The highest BCUT2D eigenvalue weighted by molar-refractivity contribution is 6.00. The number of carbonyl (C=O) groups excluding carboxylic acids is 2. The maximum atomic E-state index is 12.3. The molecule has 1 aromatic heterocycles. The zero-order valence-corrected chi connectivity index (χ0v) is 13.9. The zero-order chi connectivity index (χ0) is 16.9. The largest absolute Gasteiger partial charge is 0.356 e. The quantitative estimate of drug-likeness (QED) is 0.829. The van der Waals surface area contributed by atoms with E-state index in [9.17, 15) is 9.59 Å². The third-order valence-corrected chi connectivity index (χ3v) is 4.40. The first kappa shape index (κ1) is 16.3. The van der Waals surface area contributed by atoms with Crippen LogP contribution in [0.2, 0.25) is 0 Å². The molecule has 1 aliphatic rings. The summed E-state index contributed by atoms with van der Waals surface area (Å²) in [6.07, 6.45) is 5.19. The Kier molecular flexibility index (Phi) is 4.99. The predicted molar refractivity (Wildman–Crippen MR) is 93.7 cm³/mol. The molecule has 126 valence electrons. The number of nitrogens with one attached hydrogen (secondary N) is 1. The van der Waals surface area contributed by atoms with Gasteiger partial charge in [-0.3, -0.25) is 9.59 Å². The Labute approximate surface area is 142 Å². The second-order valence-electron chi connectivity index (χ2n) is 6.31. The molecule has 1 N–H and O–H groups in total. The molecule has 0 radical (unpaired) electrons. The lowest BCUT2D eigenvalue weighted by Gasteiger charge is -2.17. The summed E-state index contributed by atoms with van der Waals surface area (Å²) in [6.45, 7) is 3.99. The van der Waals surface area contributed by atoms with Crippen LogP contribution in [0.3, 0.4) is 0 Å². The predicted octanol–water partition coefficient (Wildman–Crippen LogP) is 2.36. The molecule has 2 amide bonds. The number of anilines is 1. The highest BCUT2D eigenvalue weighted by atomic mass is 16.2. The molecule has 2 heterocycles.